The second-order valence-corrected chi connectivity index (χ2v) is 11.1. The molecule has 1 aliphatic rings. The monoisotopic (exact) mass is 545 g/mol. The first-order valence-corrected chi connectivity index (χ1v) is 14.6. The predicted molar refractivity (Wildman–Crippen MR) is 162 cm³/mol. The van der Waals surface area contributed by atoms with Crippen LogP contribution in [0.4, 0.5) is 0 Å². The first-order chi connectivity index (χ1) is 20.0. The number of benzene rings is 3. The summed E-state index contributed by atoms with van der Waals surface area (Å²) in [5.41, 5.74) is 5.54. The third-order valence-corrected chi connectivity index (χ3v) is 8.27. The number of rotatable bonds is 10. The minimum Gasteiger partial charge on any atom is -0.342 e. The number of imidazole rings is 1. The van der Waals surface area contributed by atoms with E-state index in [-0.39, 0.29) is 11.9 Å². The van der Waals surface area contributed by atoms with Gasteiger partial charge in [-0.2, -0.15) is 5.26 Å². The maximum absolute atomic E-state index is 12.8. The number of carbonyl (C=O) groups excluding carboxylic acids is 1. The zero-order valence-corrected chi connectivity index (χ0v) is 24.1. The largest absolute Gasteiger partial charge is 0.342 e. The first-order valence-electron chi connectivity index (χ1n) is 14.6. The fraction of sp³-hybridized carbons (Fsp3) is 0.343. The summed E-state index contributed by atoms with van der Waals surface area (Å²) in [6.07, 6.45) is 4.95. The molecule has 6 heteroatoms. The third-order valence-electron chi connectivity index (χ3n) is 8.27. The van der Waals surface area contributed by atoms with Crippen LogP contribution >= 0.6 is 0 Å². The summed E-state index contributed by atoms with van der Waals surface area (Å²) in [4.78, 5) is 22.0. The molecule has 0 saturated carbocycles. The summed E-state index contributed by atoms with van der Waals surface area (Å²) in [7, 11) is 0. The number of hydrogen-bond donors (Lipinski definition) is 0. The number of nitriles is 1. The highest BCUT2D eigenvalue weighted by Crippen LogP contribution is 2.32. The quantitative estimate of drug-likeness (QED) is 0.245. The molecule has 1 unspecified atom stereocenters. The Bertz CT molecular complexity index is 1420. The van der Waals surface area contributed by atoms with Gasteiger partial charge < -0.3 is 9.47 Å². The van der Waals surface area contributed by atoms with Gasteiger partial charge in [-0.1, -0.05) is 72.8 Å². The van der Waals surface area contributed by atoms with Gasteiger partial charge in [-0.15, -0.1) is 0 Å². The molecule has 5 rings (SSSR count). The molecule has 4 aromatic rings. The zero-order valence-electron chi connectivity index (χ0n) is 24.1. The molecule has 1 aromatic heterocycles. The number of aryl methyl sites for hydroxylation is 1. The van der Waals surface area contributed by atoms with Crippen molar-refractivity contribution in [3.63, 3.8) is 0 Å². The van der Waals surface area contributed by atoms with E-state index in [2.05, 4.69) is 81.2 Å². The summed E-state index contributed by atoms with van der Waals surface area (Å²) in [5, 5.41) is 9.10. The number of carbonyl (C=O) groups is 1. The van der Waals surface area contributed by atoms with Gasteiger partial charge in [-0.3, -0.25) is 9.69 Å². The molecule has 41 heavy (non-hydrogen) atoms. The summed E-state index contributed by atoms with van der Waals surface area (Å²) in [6, 6.07) is 31.7. The van der Waals surface area contributed by atoms with Gasteiger partial charge in [0.25, 0.3) is 0 Å². The lowest BCUT2D eigenvalue weighted by atomic mass is 9.91. The van der Waals surface area contributed by atoms with Crippen molar-refractivity contribution in [2.24, 2.45) is 5.92 Å². The molecular weight excluding hydrogens is 506 g/mol. The van der Waals surface area contributed by atoms with Crippen LogP contribution in [0.25, 0.3) is 0 Å². The fourth-order valence-electron chi connectivity index (χ4n) is 6.10. The van der Waals surface area contributed by atoms with Crippen molar-refractivity contribution in [3.8, 4) is 6.07 Å². The molecule has 0 spiro atoms. The van der Waals surface area contributed by atoms with E-state index in [1.54, 1.807) is 6.92 Å². The smallest absolute Gasteiger partial charge is 0.219 e. The second-order valence-electron chi connectivity index (χ2n) is 11.1. The van der Waals surface area contributed by atoms with E-state index >= 15 is 0 Å². The van der Waals surface area contributed by atoms with Crippen molar-refractivity contribution in [1.82, 2.24) is 19.4 Å². The van der Waals surface area contributed by atoms with Crippen molar-refractivity contribution >= 4 is 5.91 Å². The molecule has 1 aliphatic heterocycles. The predicted octanol–water partition coefficient (Wildman–Crippen LogP) is 6.00. The zero-order chi connectivity index (χ0) is 28.6. The number of hydrogen-bond acceptors (Lipinski definition) is 4. The van der Waals surface area contributed by atoms with Crippen LogP contribution in [0.2, 0.25) is 0 Å². The van der Waals surface area contributed by atoms with Crippen LogP contribution in [-0.2, 0) is 17.8 Å². The lowest BCUT2D eigenvalue weighted by molar-refractivity contribution is -0.129. The topological polar surface area (TPSA) is 65.2 Å². The normalized spacial score (nSPS) is 15.5. The molecule has 1 fully saturated rings. The molecule has 2 heterocycles. The van der Waals surface area contributed by atoms with E-state index < -0.39 is 0 Å². The van der Waals surface area contributed by atoms with Crippen molar-refractivity contribution in [2.45, 2.75) is 45.7 Å². The Hall–Kier alpha value is -4.21. The molecule has 1 atom stereocenters. The Morgan fingerprint density at radius 2 is 1.68 bits per heavy atom. The highest BCUT2D eigenvalue weighted by Gasteiger charge is 2.29. The standard InChI is InChI=1S/C35H39N5O/c1-27-37-23-34(40(27)26-30-17-15-29(22-36)16-18-30)19-21-38(28(2)41)24-31-10-9-20-39(25-31)35(32-11-5-3-6-12-32)33-13-7-4-8-14-33/h3-8,11-18,23,31,35H,9-10,19-21,24-26H2,1-2H3. The van der Waals surface area contributed by atoms with Gasteiger partial charge in [0.1, 0.15) is 5.82 Å². The van der Waals surface area contributed by atoms with Gasteiger partial charge in [0, 0.05) is 51.4 Å². The van der Waals surface area contributed by atoms with E-state index in [0.29, 0.717) is 24.6 Å². The van der Waals surface area contributed by atoms with Crippen molar-refractivity contribution in [1.29, 1.82) is 5.26 Å². The van der Waals surface area contributed by atoms with Crippen molar-refractivity contribution < 1.29 is 4.79 Å². The molecule has 1 saturated heterocycles. The molecule has 0 radical (unpaired) electrons. The summed E-state index contributed by atoms with van der Waals surface area (Å²) >= 11 is 0. The maximum Gasteiger partial charge on any atom is 0.219 e. The Kier molecular flexibility index (Phi) is 9.28. The van der Waals surface area contributed by atoms with Crippen LogP contribution in [-0.4, -0.2) is 51.4 Å². The van der Waals surface area contributed by atoms with E-state index in [0.717, 1.165) is 56.0 Å². The number of piperidine rings is 1. The minimum atomic E-state index is 0.125. The van der Waals surface area contributed by atoms with Gasteiger partial charge in [0.15, 0.2) is 0 Å². The van der Waals surface area contributed by atoms with Crippen LogP contribution in [0, 0.1) is 24.2 Å². The lowest BCUT2D eigenvalue weighted by Crippen LogP contribution is -2.44. The Morgan fingerprint density at radius 1 is 1.02 bits per heavy atom. The minimum absolute atomic E-state index is 0.125. The van der Waals surface area contributed by atoms with E-state index in [9.17, 15) is 4.79 Å². The number of aromatic nitrogens is 2. The summed E-state index contributed by atoms with van der Waals surface area (Å²) in [6.45, 7) is 7.87. The van der Waals surface area contributed by atoms with Crippen LogP contribution in [0.3, 0.4) is 0 Å². The molecule has 0 bridgehead atoms. The van der Waals surface area contributed by atoms with Gasteiger partial charge in [0.2, 0.25) is 5.91 Å². The Labute approximate surface area is 243 Å². The third kappa shape index (κ3) is 7.11. The lowest BCUT2D eigenvalue weighted by Gasteiger charge is -2.40. The summed E-state index contributed by atoms with van der Waals surface area (Å²) in [5.74, 6) is 1.50. The Balaban J connectivity index is 1.26. The number of amides is 1. The Morgan fingerprint density at radius 3 is 2.29 bits per heavy atom. The van der Waals surface area contributed by atoms with Gasteiger partial charge in [-0.05, 0) is 61.1 Å². The molecule has 0 aliphatic carbocycles. The maximum atomic E-state index is 12.8. The molecule has 3 aromatic carbocycles. The average Bonchev–Trinajstić information content (AvgIpc) is 3.35. The van der Waals surface area contributed by atoms with Crippen molar-refractivity contribution in [2.75, 3.05) is 26.2 Å². The molecule has 6 nitrogen and oxygen atoms in total. The highest BCUT2D eigenvalue weighted by atomic mass is 16.2. The van der Waals surface area contributed by atoms with Gasteiger partial charge >= 0.3 is 0 Å². The van der Waals surface area contributed by atoms with Gasteiger partial charge in [-0.25, -0.2) is 4.98 Å². The molecule has 0 N–H and O–H groups in total. The van der Waals surface area contributed by atoms with E-state index in [1.807, 2.05) is 42.3 Å². The average molecular weight is 546 g/mol. The molecule has 210 valence electrons. The fourth-order valence-corrected chi connectivity index (χ4v) is 6.10. The van der Waals surface area contributed by atoms with E-state index in [4.69, 9.17) is 5.26 Å². The van der Waals surface area contributed by atoms with Crippen LogP contribution in [0.15, 0.2) is 91.1 Å². The number of nitrogens with zero attached hydrogens (tertiary/aromatic N) is 5. The van der Waals surface area contributed by atoms with Crippen LogP contribution in [0.5, 0.6) is 0 Å². The number of likely N-dealkylation sites (tertiary alicyclic amines) is 1. The highest BCUT2D eigenvalue weighted by molar-refractivity contribution is 5.73. The molecule has 1 amide bonds. The van der Waals surface area contributed by atoms with E-state index in [1.165, 1.54) is 11.1 Å². The van der Waals surface area contributed by atoms with Crippen LogP contribution in [0.1, 0.15) is 59.6 Å². The first kappa shape index (κ1) is 28.3. The second kappa shape index (κ2) is 13.4. The summed E-state index contributed by atoms with van der Waals surface area (Å²) < 4.78 is 2.21. The van der Waals surface area contributed by atoms with Crippen LogP contribution < -0.4 is 0 Å². The molecular formula is C35H39N5O. The van der Waals surface area contributed by atoms with Crippen molar-refractivity contribution in [3.05, 3.63) is 125 Å². The van der Waals surface area contributed by atoms with Gasteiger partial charge in [0.05, 0.1) is 17.7 Å². The SMILES string of the molecule is CC(=O)N(CCc1cnc(C)n1Cc1ccc(C#N)cc1)CC1CCCN(C(c2ccccc2)c2ccccc2)C1.